The normalized spacial score (nSPS) is 12.9. The van der Waals surface area contributed by atoms with Gasteiger partial charge in [-0.05, 0) is 96.3 Å². The molecule has 0 aromatic heterocycles. The molecule has 0 spiro atoms. The lowest BCUT2D eigenvalue weighted by Crippen LogP contribution is -2.30. The van der Waals surface area contributed by atoms with Crippen molar-refractivity contribution >= 4 is 17.9 Å². The van der Waals surface area contributed by atoms with E-state index in [1.807, 2.05) is 0 Å². The standard InChI is InChI=1S/C63H104O6/c1-4-7-10-13-15-17-19-21-23-25-26-27-28-29-30-31-32-33-34-35-36-38-39-41-43-45-47-50-53-56-62(65)68-59-60(58-67-61(64)55-52-49-12-9-6-3)69-63(66)57-54-51-48-46-44-42-40-37-24-22-20-18-16-14-11-8-5-2/h7-8,10-11,15-18,21-24,26-27,40,42,46,48,60H,4-6,9,12-14,19-20,25,28-39,41,43-45,47,49-59H2,1-3H3/b10-7-,11-8-,17-15-,18-16-,23-21-,24-22-,27-26-,42-40-,48-46-. The van der Waals surface area contributed by atoms with E-state index in [1.165, 1.54) is 89.9 Å². The first-order valence-corrected chi connectivity index (χ1v) is 28.4. The van der Waals surface area contributed by atoms with Gasteiger partial charge >= 0.3 is 17.9 Å². The summed E-state index contributed by atoms with van der Waals surface area (Å²) in [6.45, 7) is 6.28. The predicted molar refractivity (Wildman–Crippen MR) is 297 cm³/mol. The topological polar surface area (TPSA) is 78.9 Å². The van der Waals surface area contributed by atoms with Crippen molar-refractivity contribution in [2.75, 3.05) is 13.2 Å². The van der Waals surface area contributed by atoms with Crippen LogP contribution in [-0.4, -0.2) is 37.2 Å². The molecular weight excluding hydrogens is 853 g/mol. The van der Waals surface area contributed by atoms with Crippen molar-refractivity contribution in [2.45, 2.75) is 258 Å². The van der Waals surface area contributed by atoms with Gasteiger partial charge in [0.05, 0.1) is 0 Å². The van der Waals surface area contributed by atoms with Gasteiger partial charge in [0, 0.05) is 19.3 Å². The average molecular weight is 958 g/mol. The first-order valence-electron chi connectivity index (χ1n) is 28.4. The van der Waals surface area contributed by atoms with Crippen molar-refractivity contribution in [1.82, 2.24) is 0 Å². The molecule has 0 bridgehead atoms. The van der Waals surface area contributed by atoms with E-state index in [4.69, 9.17) is 14.2 Å². The second kappa shape index (κ2) is 56.7. The second-order valence-corrected chi connectivity index (χ2v) is 18.4. The Kier molecular flexibility index (Phi) is 53.4. The lowest BCUT2D eigenvalue weighted by atomic mass is 10.0. The van der Waals surface area contributed by atoms with Crippen molar-refractivity contribution in [3.8, 4) is 0 Å². The van der Waals surface area contributed by atoms with Gasteiger partial charge in [0.1, 0.15) is 13.2 Å². The molecule has 0 saturated carbocycles. The third-order valence-corrected chi connectivity index (χ3v) is 11.8. The SMILES string of the molecule is CC/C=C\C/C=C\C/C=C\C/C=C\C/C=C\CCCC(=O)OC(COC(=O)CCCCCCC)COC(=O)CCCCCCCCCCCCCCCCCC/C=C\C/C=C\C/C=C\C/C=C\CC. The highest BCUT2D eigenvalue weighted by Crippen LogP contribution is 2.15. The molecule has 6 heteroatoms. The van der Waals surface area contributed by atoms with E-state index in [1.54, 1.807) is 0 Å². The molecule has 0 aliphatic carbocycles. The first-order chi connectivity index (χ1) is 34.0. The zero-order valence-corrected chi connectivity index (χ0v) is 44.8. The quantitative estimate of drug-likeness (QED) is 0.0262. The number of hydrogen-bond donors (Lipinski definition) is 0. The third-order valence-electron chi connectivity index (χ3n) is 11.8. The van der Waals surface area contributed by atoms with E-state index >= 15 is 0 Å². The summed E-state index contributed by atoms with van der Waals surface area (Å²) in [5, 5.41) is 0. The van der Waals surface area contributed by atoms with Crippen LogP contribution in [0, 0.1) is 0 Å². The Morgan fingerprint density at radius 1 is 0.304 bits per heavy atom. The Morgan fingerprint density at radius 2 is 0.580 bits per heavy atom. The molecule has 0 aromatic carbocycles. The Balaban J connectivity index is 4.09. The van der Waals surface area contributed by atoms with E-state index in [0.717, 1.165) is 116 Å². The zero-order valence-electron chi connectivity index (χ0n) is 44.8. The van der Waals surface area contributed by atoms with E-state index in [2.05, 4.69) is 130 Å². The fourth-order valence-corrected chi connectivity index (χ4v) is 7.59. The molecule has 392 valence electrons. The summed E-state index contributed by atoms with van der Waals surface area (Å²) < 4.78 is 16.6. The summed E-state index contributed by atoms with van der Waals surface area (Å²) in [4.78, 5) is 37.7. The minimum atomic E-state index is -0.804. The number of hydrogen-bond acceptors (Lipinski definition) is 6. The minimum Gasteiger partial charge on any atom is -0.462 e. The highest BCUT2D eigenvalue weighted by Gasteiger charge is 2.19. The molecule has 0 rings (SSSR count). The number of allylic oxidation sites excluding steroid dienone is 18. The van der Waals surface area contributed by atoms with Gasteiger partial charge in [0.15, 0.2) is 6.10 Å². The molecule has 1 atom stereocenters. The van der Waals surface area contributed by atoms with Gasteiger partial charge in [-0.1, -0.05) is 246 Å². The molecule has 0 aliphatic rings. The molecule has 69 heavy (non-hydrogen) atoms. The minimum absolute atomic E-state index is 0.100. The van der Waals surface area contributed by atoms with Crippen LogP contribution in [0.3, 0.4) is 0 Å². The highest BCUT2D eigenvalue weighted by molar-refractivity contribution is 5.71. The molecular formula is C63H104O6. The molecule has 0 saturated heterocycles. The predicted octanol–water partition coefficient (Wildman–Crippen LogP) is 19.1. The van der Waals surface area contributed by atoms with Crippen LogP contribution in [0.25, 0.3) is 0 Å². The summed E-state index contributed by atoms with van der Waals surface area (Å²) in [6.07, 6.45) is 77.2. The van der Waals surface area contributed by atoms with Crippen molar-refractivity contribution < 1.29 is 28.6 Å². The van der Waals surface area contributed by atoms with Gasteiger partial charge < -0.3 is 14.2 Å². The number of rotatable bonds is 50. The van der Waals surface area contributed by atoms with E-state index in [-0.39, 0.29) is 37.5 Å². The van der Waals surface area contributed by atoms with E-state index < -0.39 is 6.10 Å². The Bertz CT molecular complexity index is 1420. The lowest BCUT2D eigenvalue weighted by molar-refractivity contribution is -0.167. The first kappa shape index (κ1) is 65.1. The van der Waals surface area contributed by atoms with Gasteiger partial charge in [-0.15, -0.1) is 0 Å². The maximum absolute atomic E-state index is 12.7. The second-order valence-electron chi connectivity index (χ2n) is 18.4. The number of ether oxygens (including phenoxy) is 3. The number of carbonyl (C=O) groups excluding carboxylic acids is 3. The van der Waals surface area contributed by atoms with Crippen LogP contribution < -0.4 is 0 Å². The average Bonchev–Trinajstić information content (AvgIpc) is 3.35. The van der Waals surface area contributed by atoms with Crippen molar-refractivity contribution in [2.24, 2.45) is 0 Å². The van der Waals surface area contributed by atoms with Gasteiger partial charge in [0.2, 0.25) is 0 Å². The number of unbranched alkanes of at least 4 members (excludes halogenated alkanes) is 21. The van der Waals surface area contributed by atoms with Crippen LogP contribution in [0.15, 0.2) is 109 Å². The van der Waals surface area contributed by atoms with Gasteiger partial charge in [-0.25, -0.2) is 0 Å². The maximum Gasteiger partial charge on any atom is 0.306 e. The van der Waals surface area contributed by atoms with Crippen molar-refractivity contribution in [3.05, 3.63) is 109 Å². The van der Waals surface area contributed by atoms with Crippen LogP contribution in [0.2, 0.25) is 0 Å². The fourth-order valence-electron chi connectivity index (χ4n) is 7.59. The van der Waals surface area contributed by atoms with Crippen LogP contribution in [-0.2, 0) is 28.6 Å². The summed E-state index contributed by atoms with van der Waals surface area (Å²) in [7, 11) is 0. The van der Waals surface area contributed by atoms with Crippen molar-refractivity contribution in [3.63, 3.8) is 0 Å². The third kappa shape index (κ3) is 54.9. The molecule has 0 aromatic rings. The summed E-state index contributed by atoms with van der Waals surface area (Å²) >= 11 is 0. The Morgan fingerprint density at radius 3 is 0.928 bits per heavy atom. The van der Waals surface area contributed by atoms with Gasteiger partial charge in [-0.3, -0.25) is 14.4 Å². The van der Waals surface area contributed by atoms with Crippen LogP contribution in [0.4, 0.5) is 0 Å². The summed E-state index contributed by atoms with van der Waals surface area (Å²) in [5.74, 6) is -0.974. The van der Waals surface area contributed by atoms with E-state index in [9.17, 15) is 14.4 Å². The van der Waals surface area contributed by atoms with Crippen molar-refractivity contribution in [1.29, 1.82) is 0 Å². The molecule has 0 fully saturated rings. The smallest absolute Gasteiger partial charge is 0.306 e. The molecule has 0 amide bonds. The Hall–Kier alpha value is -3.93. The number of esters is 3. The van der Waals surface area contributed by atoms with Crippen LogP contribution in [0.5, 0.6) is 0 Å². The molecule has 0 aliphatic heterocycles. The molecule has 6 nitrogen and oxygen atoms in total. The molecule has 1 unspecified atom stereocenters. The Labute approximate surface area is 425 Å². The number of carbonyl (C=O) groups is 3. The van der Waals surface area contributed by atoms with Gasteiger partial charge in [-0.2, -0.15) is 0 Å². The fraction of sp³-hybridized carbons (Fsp3) is 0.667. The zero-order chi connectivity index (χ0) is 50.0. The van der Waals surface area contributed by atoms with Crippen LogP contribution >= 0.6 is 0 Å². The molecule has 0 radical (unpaired) electrons. The van der Waals surface area contributed by atoms with Gasteiger partial charge in [0.25, 0.3) is 0 Å². The largest absolute Gasteiger partial charge is 0.462 e. The maximum atomic E-state index is 12.7. The molecule has 0 N–H and O–H groups in total. The molecule has 0 heterocycles. The summed E-state index contributed by atoms with van der Waals surface area (Å²) in [5.41, 5.74) is 0. The van der Waals surface area contributed by atoms with Crippen LogP contribution in [0.1, 0.15) is 252 Å². The summed E-state index contributed by atoms with van der Waals surface area (Å²) in [6, 6.07) is 0. The lowest BCUT2D eigenvalue weighted by Gasteiger charge is -2.18. The monoisotopic (exact) mass is 957 g/mol. The highest BCUT2D eigenvalue weighted by atomic mass is 16.6. The van der Waals surface area contributed by atoms with E-state index in [0.29, 0.717) is 19.3 Å².